The van der Waals surface area contributed by atoms with Gasteiger partial charge in [-0.2, -0.15) is 0 Å². The Balaban J connectivity index is 1.69. The zero-order valence-corrected chi connectivity index (χ0v) is 18.4. The van der Waals surface area contributed by atoms with Gasteiger partial charge in [-0.15, -0.1) is 0 Å². The number of methoxy groups -OCH3 is 1. The SMILES string of the molecule is COC(=O)c1cc(C(=O)N2CCCc3ccccc32)cc(-n2c(=O)[nH]c3ccccc3c2=O)c1. The Morgan fingerprint density at radius 1 is 0.941 bits per heavy atom. The predicted molar refractivity (Wildman–Crippen MR) is 128 cm³/mol. The van der Waals surface area contributed by atoms with Crippen LogP contribution in [0.4, 0.5) is 5.69 Å². The van der Waals surface area contributed by atoms with Gasteiger partial charge in [0.1, 0.15) is 0 Å². The van der Waals surface area contributed by atoms with E-state index in [1.54, 1.807) is 29.2 Å². The highest BCUT2D eigenvalue weighted by atomic mass is 16.5. The van der Waals surface area contributed by atoms with Gasteiger partial charge in [-0.25, -0.2) is 14.2 Å². The maximum atomic E-state index is 13.6. The standard InChI is InChI=1S/C26H21N3O5/c1-34-25(32)18-13-17(23(30)28-12-6-8-16-7-2-5-11-22(16)28)14-19(15-18)29-24(31)20-9-3-4-10-21(20)27-26(29)33/h2-5,7,9-11,13-15H,6,8,12H2,1H3,(H,27,33). The molecule has 0 spiro atoms. The average molecular weight is 455 g/mol. The Hall–Kier alpha value is -4.46. The zero-order chi connectivity index (χ0) is 23.8. The molecule has 0 saturated heterocycles. The first-order chi connectivity index (χ1) is 16.5. The molecule has 1 aromatic heterocycles. The van der Waals surface area contributed by atoms with Crippen LogP contribution in [0.1, 0.15) is 32.7 Å². The van der Waals surface area contributed by atoms with Crippen LogP contribution in [0.3, 0.4) is 0 Å². The lowest BCUT2D eigenvalue weighted by Gasteiger charge is -2.29. The van der Waals surface area contributed by atoms with Crippen LogP contribution in [0, 0.1) is 0 Å². The molecule has 0 aliphatic carbocycles. The van der Waals surface area contributed by atoms with E-state index in [0.29, 0.717) is 17.4 Å². The normalized spacial score (nSPS) is 12.9. The summed E-state index contributed by atoms with van der Waals surface area (Å²) in [7, 11) is 1.23. The van der Waals surface area contributed by atoms with Crippen molar-refractivity contribution < 1.29 is 14.3 Å². The van der Waals surface area contributed by atoms with E-state index in [1.165, 1.54) is 25.3 Å². The summed E-state index contributed by atoms with van der Waals surface area (Å²) in [5, 5.41) is 0.309. The Labute approximate surface area is 194 Å². The summed E-state index contributed by atoms with van der Waals surface area (Å²) >= 11 is 0. The monoisotopic (exact) mass is 455 g/mol. The van der Waals surface area contributed by atoms with Crippen molar-refractivity contribution in [3.8, 4) is 5.69 Å². The molecule has 3 aromatic carbocycles. The molecule has 5 rings (SSSR count). The van der Waals surface area contributed by atoms with Crippen molar-refractivity contribution in [2.75, 3.05) is 18.6 Å². The first-order valence-electron chi connectivity index (χ1n) is 10.9. The molecule has 34 heavy (non-hydrogen) atoms. The lowest BCUT2D eigenvalue weighted by Crippen LogP contribution is -2.36. The van der Waals surface area contributed by atoms with E-state index in [2.05, 4.69) is 4.98 Å². The van der Waals surface area contributed by atoms with E-state index in [1.807, 2.05) is 24.3 Å². The number of aromatic nitrogens is 2. The van der Waals surface area contributed by atoms with Crippen LogP contribution in [-0.4, -0.2) is 35.1 Å². The number of amides is 1. The number of nitrogens with one attached hydrogen (secondary N) is 1. The molecule has 1 aliphatic rings. The van der Waals surface area contributed by atoms with Crippen LogP contribution in [0.5, 0.6) is 0 Å². The van der Waals surface area contributed by atoms with Gasteiger partial charge in [0, 0.05) is 17.8 Å². The van der Waals surface area contributed by atoms with E-state index in [4.69, 9.17) is 4.74 Å². The second-order valence-corrected chi connectivity index (χ2v) is 8.07. The molecule has 170 valence electrons. The molecule has 0 fully saturated rings. The smallest absolute Gasteiger partial charge is 0.337 e. The van der Waals surface area contributed by atoms with Gasteiger partial charge in [0.15, 0.2) is 0 Å². The topological polar surface area (TPSA) is 101 Å². The predicted octanol–water partition coefficient (Wildman–Crippen LogP) is 3.06. The minimum absolute atomic E-state index is 0.0631. The van der Waals surface area contributed by atoms with E-state index in [9.17, 15) is 19.2 Å². The van der Waals surface area contributed by atoms with Crippen LogP contribution in [-0.2, 0) is 11.2 Å². The number of aryl methyl sites for hydroxylation is 1. The third-order valence-electron chi connectivity index (χ3n) is 6.00. The molecule has 0 atom stereocenters. The van der Waals surface area contributed by atoms with Crippen molar-refractivity contribution in [3.63, 3.8) is 0 Å². The van der Waals surface area contributed by atoms with Crippen molar-refractivity contribution in [1.29, 1.82) is 0 Å². The van der Waals surface area contributed by atoms with Crippen LogP contribution >= 0.6 is 0 Å². The molecule has 4 aromatic rings. The number of carbonyl (C=O) groups excluding carboxylic acids is 2. The van der Waals surface area contributed by atoms with Gasteiger partial charge < -0.3 is 14.6 Å². The fraction of sp³-hybridized carbons (Fsp3) is 0.154. The number of nitrogens with zero attached hydrogens (tertiary/aromatic N) is 2. The highest BCUT2D eigenvalue weighted by Crippen LogP contribution is 2.28. The molecular formula is C26H21N3O5. The number of rotatable bonds is 3. The van der Waals surface area contributed by atoms with Crippen molar-refractivity contribution in [3.05, 3.63) is 104 Å². The lowest BCUT2D eigenvalue weighted by molar-refractivity contribution is 0.0600. The number of ether oxygens (including phenoxy) is 1. The van der Waals surface area contributed by atoms with Gasteiger partial charge in [0.05, 0.1) is 29.3 Å². The molecule has 0 saturated carbocycles. The van der Waals surface area contributed by atoms with Crippen molar-refractivity contribution in [2.45, 2.75) is 12.8 Å². The Bertz CT molecular complexity index is 1570. The van der Waals surface area contributed by atoms with Crippen molar-refractivity contribution in [1.82, 2.24) is 9.55 Å². The van der Waals surface area contributed by atoms with E-state index >= 15 is 0 Å². The molecular weight excluding hydrogens is 434 g/mol. The van der Waals surface area contributed by atoms with Gasteiger partial charge in [0.2, 0.25) is 0 Å². The summed E-state index contributed by atoms with van der Waals surface area (Å²) in [6, 6.07) is 18.6. The lowest BCUT2D eigenvalue weighted by atomic mass is 10.00. The summed E-state index contributed by atoms with van der Waals surface area (Å²) < 4.78 is 5.78. The molecule has 2 heterocycles. The largest absolute Gasteiger partial charge is 0.465 e. The third kappa shape index (κ3) is 3.59. The minimum atomic E-state index is -0.680. The maximum absolute atomic E-state index is 13.6. The Kier molecular flexibility index (Phi) is 5.33. The van der Waals surface area contributed by atoms with Crippen LogP contribution < -0.4 is 16.1 Å². The first kappa shape index (κ1) is 21.4. The molecule has 8 heteroatoms. The minimum Gasteiger partial charge on any atom is -0.465 e. The summed E-state index contributed by atoms with van der Waals surface area (Å²) in [5.74, 6) is -1.01. The number of esters is 1. The number of anilines is 1. The van der Waals surface area contributed by atoms with E-state index in [-0.39, 0.29) is 22.7 Å². The number of aromatic amines is 1. The molecule has 0 unspecified atom stereocenters. The van der Waals surface area contributed by atoms with Crippen LogP contribution in [0.25, 0.3) is 16.6 Å². The van der Waals surface area contributed by atoms with Crippen molar-refractivity contribution >= 4 is 28.5 Å². The number of H-pyrrole nitrogens is 1. The number of hydrogen-bond donors (Lipinski definition) is 1. The number of benzene rings is 3. The van der Waals surface area contributed by atoms with Gasteiger partial charge >= 0.3 is 11.7 Å². The van der Waals surface area contributed by atoms with Crippen LogP contribution in [0.15, 0.2) is 76.3 Å². The summed E-state index contributed by atoms with van der Waals surface area (Å²) in [4.78, 5) is 56.4. The van der Waals surface area contributed by atoms with Gasteiger partial charge in [-0.05, 0) is 54.8 Å². The van der Waals surface area contributed by atoms with Gasteiger partial charge in [-0.1, -0.05) is 30.3 Å². The van der Waals surface area contributed by atoms with E-state index < -0.39 is 17.2 Å². The summed E-state index contributed by atoms with van der Waals surface area (Å²) in [6.45, 7) is 0.518. The molecule has 0 bridgehead atoms. The van der Waals surface area contributed by atoms with E-state index in [0.717, 1.165) is 28.7 Å². The number of hydrogen-bond acceptors (Lipinski definition) is 5. The van der Waals surface area contributed by atoms with Gasteiger partial charge in [0.25, 0.3) is 11.5 Å². The second kappa shape index (κ2) is 8.47. The van der Waals surface area contributed by atoms with Crippen LogP contribution in [0.2, 0.25) is 0 Å². The number of para-hydroxylation sites is 2. The highest BCUT2D eigenvalue weighted by molar-refractivity contribution is 6.08. The first-order valence-corrected chi connectivity index (χ1v) is 10.9. The number of carbonyl (C=O) groups is 2. The quantitative estimate of drug-likeness (QED) is 0.479. The Morgan fingerprint density at radius 2 is 1.68 bits per heavy atom. The molecule has 1 N–H and O–H groups in total. The average Bonchev–Trinajstić information content (AvgIpc) is 2.87. The van der Waals surface area contributed by atoms with Gasteiger partial charge in [-0.3, -0.25) is 9.59 Å². The zero-order valence-electron chi connectivity index (χ0n) is 18.4. The second-order valence-electron chi connectivity index (χ2n) is 8.07. The molecule has 1 amide bonds. The highest BCUT2D eigenvalue weighted by Gasteiger charge is 2.25. The Morgan fingerprint density at radius 3 is 2.50 bits per heavy atom. The maximum Gasteiger partial charge on any atom is 0.337 e. The summed E-state index contributed by atoms with van der Waals surface area (Å²) in [6.07, 6.45) is 1.67. The van der Waals surface area contributed by atoms with Crippen molar-refractivity contribution in [2.24, 2.45) is 0 Å². The summed E-state index contributed by atoms with van der Waals surface area (Å²) in [5.41, 5.74) is 1.39. The molecule has 8 nitrogen and oxygen atoms in total. The number of fused-ring (bicyclic) bond motifs is 2. The molecule has 1 aliphatic heterocycles. The fourth-order valence-electron chi connectivity index (χ4n) is 4.40. The fourth-order valence-corrected chi connectivity index (χ4v) is 4.40. The third-order valence-corrected chi connectivity index (χ3v) is 6.00. The molecule has 0 radical (unpaired) electrons.